The number of aliphatic hydroxyl groups is 1. The monoisotopic (exact) mass is 299 g/mol. The maximum Gasteiger partial charge on any atom is 0.137 e. The fourth-order valence-corrected chi connectivity index (χ4v) is 4.67. The van der Waals surface area contributed by atoms with Crippen LogP contribution in [-0.2, 0) is 6.54 Å². The van der Waals surface area contributed by atoms with E-state index in [2.05, 4.69) is 34.1 Å². The van der Waals surface area contributed by atoms with Crippen LogP contribution in [0.2, 0.25) is 0 Å². The van der Waals surface area contributed by atoms with Gasteiger partial charge in [0, 0.05) is 43.3 Å². The topological polar surface area (TPSA) is 52.1 Å². The maximum absolute atomic E-state index is 10.9. The molecule has 2 aromatic rings. The fraction of sp³-hybridized carbons (Fsp3) is 0.611. The van der Waals surface area contributed by atoms with E-state index in [4.69, 9.17) is 0 Å². The Hall–Kier alpha value is -1.39. The summed E-state index contributed by atoms with van der Waals surface area (Å²) in [5.74, 6) is 1.12. The number of pyridine rings is 1. The van der Waals surface area contributed by atoms with E-state index in [1.165, 1.54) is 23.8 Å². The zero-order chi connectivity index (χ0) is 15.2. The van der Waals surface area contributed by atoms with E-state index >= 15 is 0 Å². The van der Waals surface area contributed by atoms with Crippen molar-refractivity contribution in [3.8, 4) is 0 Å². The molecule has 0 radical (unpaired) electrons. The highest BCUT2D eigenvalue weighted by Crippen LogP contribution is 2.44. The van der Waals surface area contributed by atoms with Crippen molar-refractivity contribution in [1.29, 1.82) is 0 Å². The molecule has 1 aliphatic heterocycles. The summed E-state index contributed by atoms with van der Waals surface area (Å²) < 4.78 is 0. The summed E-state index contributed by atoms with van der Waals surface area (Å²) in [5, 5.41) is 12.1. The van der Waals surface area contributed by atoms with Crippen LogP contribution in [0.4, 0.5) is 0 Å². The summed E-state index contributed by atoms with van der Waals surface area (Å²) in [4.78, 5) is 10.2. The summed E-state index contributed by atoms with van der Waals surface area (Å²) in [5.41, 5.74) is 1.86. The van der Waals surface area contributed by atoms with Crippen LogP contribution < -0.4 is 0 Å². The molecule has 2 aromatic heterocycles. The van der Waals surface area contributed by atoms with Crippen molar-refractivity contribution in [2.24, 2.45) is 11.8 Å². The molecule has 3 heterocycles. The fourth-order valence-electron chi connectivity index (χ4n) is 4.67. The molecule has 2 fully saturated rings. The van der Waals surface area contributed by atoms with Crippen LogP contribution in [0.15, 0.2) is 24.5 Å². The minimum Gasteiger partial charge on any atom is -0.390 e. The predicted octanol–water partition coefficient (Wildman–Crippen LogP) is 2.94. The van der Waals surface area contributed by atoms with Crippen molar-refractivity contribution in [1.82, 2.24) is 14.9 Å². The lowest BCUT2D eigenvalue weighted by Crippen LogP contribution is -2.44. The van der Waals surface area contributed by atoms with Crippen molar-refractivity contribution < 1.29 is 5.11 Å². The molecule has 0 amide bonds. The number of hydrogen-bond donors (Lipinski definition) is 2. The molecule has 1 aliphatic carbocycles. The number of H-pyrrole nitrogens is 1. The van der Waals surface area contributed by atoms with Crippen molar-refractivity contribution in [2.45, 2.75) is 44.8 Å². The van der Waals surface area contributed by atoms with Gasteiger partial charge < -0.3 is 10.1 Å². The number of rotatable bonds is 3. The molecular formula is C18H25N3O. The Balaban J connectivity index is 1.53. The summed E-state index contributed by atoms with van der Waals surface area (Å²) in [6.45, 7) is 5.25. The molecule has 0 aromatic carbocycles. The largest absolute Gasteiger partial charge is 0.390 e. The molecule has 118 valence electrons. The van der Waals surface area contributed by atoms with Crippen LogP contribution in [-0.4, -0.2) is 38.7 Å². The van der Waals surface area contributed by atoms with E-state index in [0.717, 1.165) is 38.1 Å². The molecule has 4 rings (SSSR count). The number of aromatic amines is 1. The molecule has 0 unspecified atom stereocenters. The standard InChI is InChI=1S/C18H25N3O/c1-2-18(22)7-3-5-13-10-21(12-16(13)18)11-14-9-20-17-15(14)6-4-8-19-17/h4,6,8-9,13,16,22H,2-3,5,7,10-12H2,1H3,(H,19,20)/t13-,16+,18-/m0/s1. The van der Waals surface area contributed by atoms with Gasteiger partial charge in [-0.2, -0.15) is 0 Å². The van der Waals surface area contributed by atoms with Crippen LogP contribution in [0.5, 0.6) is 0 Å². The number of nitrogens with one attached hydrogen (secondary N) is 1. The molecule has 1 saturated heterocycles. The van der Waals surface area contributed by atoms with Gasteiger partial charge in [-0.25, -0.2) is 4.98 Å². The minimum atomic E-state index is -0.431. The summed E-state index contributed by atoms with van der Waals surface area (Å²) in [6, 6.07) is 4.14. The predicted molar refractivity (Wildman–Crippen MR) is 87.4 cm³/mol. The Morgan fingerprint density at radius 1 is 1.45 bits per heavy atom. The zero-order valence-electron chi connectivity index (χ0n) is 13.3. The quantitative estimate of drug-likeness (QED) is 0.916. The molecule has 1 saturated carbocycles. The molecule has 4 heteroatoms. The van der Waals surface area contributed by atoms with E-state index in [-0.39, 0.29) is 0 Å². The summed E-state index contributed by atoms with van der Waals surface area (Å²) in [6.07, 6.45) is 8.24. The van der Waals surface area contributed by atoms with Gasteiger partial charge in [0.25, 0.3) is 0 Å². The molecule has 2 aliphatic rings. The van der Waals surface area contributed by atoms with Crippen molar-refractivity contribution in [3.05, 3.63) is 30.1 Å². The number of fused-ring (bicyclic) bond motifs is 2. The van der Waals surface area contributed by atoms with Gasteiger partial charge in [-0.1, -0.05) is 13.3 Å². The van der Waals surface area contributed by atoms with E-state index < -0.39 is 5.60 Å². The Labute approximate surface area is 131 Å². The smallest absolute Gasteiger partial charge is 0.137 e. The van der Waals surface area contributed by atoms with Gasteiger partial charge in [0.2, 0.25) is 0 Å². The summed E-state index contributed by atoms with van der Waals surface area (Å²) >= 11 is 0. The molecule has 0 spiro atoms. The van der Waals surface area contributed by atoms with Gasteiger partial charge >= 0.3 is 0 Å². The van der Waals surface area contributed by atoms with E-state index in [1.807, 2.05) is 12.3 Å². The first-order valence-electron chi connectivity index (χ1n) is 8.55. The van der Waals surface area contributed by atoms with Gasteiger partial charge in [0.1, 0.15) is 5.65 Å². The Morgan fingerprint density at radius 2 is 2.36 bits per heavy atom. The Kier molecular flexibility index (Phi) is 3.46. The maximum atomic E-state index is 10.9. The van der Waals surface area contributed by atoms with Crippen LogP contribution in [0.3, 0.4) is 0 Å². The van der Waals surface area contributed by atoms with Crippen LogP contribution in [0, 0.1) is 11.8 Å². The second-order valence-electron chi connectivity index (χ2n) is 7.12. The number of hydrogen-bond acceptors (Lipinski definition) is 3. The highest BCUT2D eigenvalue weighted by atomic mass is 16.3. The number of nitrogens with zero attached hydrogens (tertiary/aromatic N) is 2. The Morgan fingerprint density at radius 3 is 3.23 bits per heavy atom. The van der Waals surface area contributed by atoms with E-state index in [1.54, 1.807) is 0 Å². The second-order valence-corrected chi connectivity index (χ2v) is 7.12. The lowest BCUT2D eigenvalue weighted by molar-refractivity contribution is -0.0613. The molecule has 0 bridgehead atoms. The van der Waals surface area contributed by atoms with Gasteiger partial charge in [-0.3, -0.25) is 4.90 Å². The van der Waals surface area contributed by atoms with E-state index in [0.29, 0.717) is 11.8 Å². The number of aromatic nitrogens is 2. The first-order chi connectivity index (χ1) is 10.7. The molecule has 4 nitrogen and oxygen atoms in total. The molecule has 2 N–H and O–H groups in total. The molecule has 3 atom stereocenters. The van der Waals surface area contributed by atoms with Gasteiger partial charge in [0.05, 0.1) is 5.60 Å². The Bertz CT molecular complexity index is 667. The molecular weight excluding hydrogens is 274 g/mol. The SMILES string of the molecule is CC[C@]1(O)CCC[C@H]2CN(Cc3c[nH]c4ncccc34)C[C@H]21. The van der Waals surface area contributed by atoms with Crippen molar-refractivity contribution >= 4 is 11.0 Å². The molecule has 22 heavy (non-hydrogen) atoms. The normalized spacial score (nSPS) is 32.5. The lowest BCUT2D eigenvalue weighted by atomic mass is 9.69. The first kappa shape index (κ1) is 14.2. The average molecular weight is 299 g/mol. The number of likely N-dealkylation sites (tertiary alicyclic amines) is 1. The van der Waals surface area contributed by atoms with Gasteiger partial charge in [0.15, 0.2) is 0 Å². The van der Waals surface area contributed by atoms with Crippen molar-refractivity contribution in [3.63, 3.8) is 0 Å². The third-order valence-electron chi connectivity index (χ3n) is 5.93. The van der Waals surface area contributed by atoms with Crippen LogP contribution >= 0.6 is 0 Å². The van der Waals surface area contributed by atoms with Crippen LogP contribution in [0.1, 0.15) is 38.2 Å². The average Bonchev–Trinajstić information content (AvgIpc) is 3.13. The lowest BCUT2D eigenvalue weighted by Gasteiger charge is -2.40. The third kappa shape index (κ3) is 2.25. The van der Waals surface area contributed by atoms with Gasteiger partial charge in [-0.05, 0) is 42.9 Å². The van der Waals surface area contributed by atoms with Crippen molar-refractivity contribution in [2.75, 3.05) is 13.1 Å². The highest BCUT2D eigenvalue weighted by Gasteiger charge is 2.47. The van der Waals surface area contributed by atoms with Gasteiger partial charge in [-0.15, -0.1) is 0 Å². The third-order valence-corrected chi connectivity index (χ3v) is 5.93. The van der Waals surface area contributed by atoms with E-state index in [9.17, 15) is 5.11 Å². The highest BCUT2D eigenvalue weighted by molar-refractivity contribution is 5.79. The second kappa shape index (κ2) is 5.36. The minimum absolute atomic E-state index is 0.431. The summed E-state index contributed by atoms with van der Waals surface area (Å²) in [7, 11) is 0. The van der Waals surface area contributed by atoms with Crippen LogP contribution in [0.25, 0.3) is 11.0 Å². The zero-order valence-corrected chi connectivity index (χ0v) is 13.3. The first-order valence-corrected chi connectivity index (χ1v) is 8.55.